The summed E-state index contributed by atoms with van der Waals surface area (Å²) in [7, 11) is 0. The monoisotopic (exact) mass is 268 g/mol. The van der Waals surface area contributed by atoms with Crippen molar-refractivity contribution in [3.05, 3.63) is 23.0 Å². The van der Waals surface area contributed by atoms with E-state index in [9.17, 15) is 9.90 Å². The SMILES string of the molecule is O=C(NCC1CC(O)C1)c1cc(Cl)cn1C1CC1. The number of halogens is 1. The normalized spacial score (nSPS) is 26.8. The van der Waals surface area contributed by atoms with Crippen LogP contribution in [0.5, 0.6) is 0 Å². The van der Waals surface area contributed by atoms with Crippen molar-refractivity contribution in [3.8, 4) is 0 Å². The summed E-state index contributed by atoms with van der Waals surface area (Å²) in [5.74, 6) is 0.360. The van der Waals surface area contributed by atoms with Crippen molar-refractivity contribution in [2.45, 2.75) is 37.8 Å². The number of hydrogen-bond donors (Lipinski definition) is 2. The Morgan fingerprint density at radius 1 is 1.50 bits per heavy atom. The third-order valence-electron chi connectivity index (χ3n) is 3.75. The average Bonchev–Trinajstić information content (AvgIpc) is 3.06. The predicted molar refractivity (Wildman–Crippen MR) is 68.8 cm³/mol. The first-order valence-electron chi connectivity index (χ1n) is 6.47. The summed E-state index contributed by atoms with van der Waals surface area (Å²) in [6.07, 6.45) is 5.51. The largest absolute Gasteiger partial charge is 0.393 e. The number of nitrogens with zero attached hydrogens (tertiary/aromatic N) is 1. The van der Waals surface area contributed by atoms with E-state index in [0.717, 1.165) is 25.7 Å². The van der Waals surface area contributed by atoms with Crippen molar-refractivity contribution in [3.63, 3.8) is 0 Å². The van der Waals surface area contributed by atoms with Gasteiger partial charge in [0.2, 0.25) is 0 Å². The first-order valence-corrected chi connectivity index (χ1v) is 6.85. The molecule has 3 rings (SSSR count). The van der Waals surface area contributed by atoms with Gasteiger partial charge in [-0.1, -0.05) is 11.6 Å². The van der Waals surface area contributed by atoms with Crippen LogP contribution in [0.4, 0.5) is 0 Å². The van der Waals surface area contributed by atoms with Crippen molar-refractivity contribution in [2.75, 3.05) is 6.54 Å². The van der Waals surface area contributed by atoms with Gasteiger partial charge in [0.05, 0.1) is 11.1 Å². The first kappa shape index (κ1) is 12.1. The minimum atomic E-state index is -0.170. The molecule has 1 aromatic heterocycles. The molecule has 0 unspecified atom stereocenters. The Kier molecular flexibility index (Phi) is 3.08. The van der Waals surface area contributed by atoms with Gasteiger partial charge in [-0.25, -0.2) is 0 Å². The predicted octanol–water partition coefficient (Wildman–Crippen LogP) is 1.98. The van der Waals surface area contributed by atoms with Gasteiger partial charge in [0.15, 0.2) is 0 Å². The molecule has 0 spiro atoms. The van der Waals surface area contributed by atoms with Gasteiger partial charge in [-0.2, -0.15) is 0 Å². The maximum atomic E-state index is 12.1. The fourth-order valence-electron chi connectivity index (χ4n) is 2.48. The van der Waals surface area contributed by atoms with Crippen LogP contribution in [0, 0.1) is 5.92 Å². The van der Waals surface area contributed by atoms with Gasteiger partial charge in [0.25, 0.3) is 5.91 Å². The Balaban J connectivity index is 1.61. The molecule has 1 amide bonds. The summed E-state index contributed by atoms with van der Waals surface area (Å²) < 4.78 is 1.98. The van der Waals surface area contributed by atoms with Crippen molar-refractivity contribution in [1.29, 1.82) is 0 Å². The van der Waals surface area contributed by atoms with E-state index in [1.807, 2.05) is 10.8 Å². The Morgan fingerprint density at radius 3 is 2.83 bits per heavy atom. The van der Waals surface area contributed by atoms with E-state index in [0.29, 0.717) is 29.2 Å². The zero-order valence-corrected chi connectivity index (χ0v) is 10.9. The summed E-state index contributed by atoms with van der Waals surface area (Å²) in [5.41, 5.74) is 0.655. The van der Waals surface area contributed by atoms with Gasteiger partial charge in [0, 0.05) is 18.8 Å². The molecule has 0 saturated heterocycles. The van der Waals surface area contributed by atoms with Crippen LogP contribution in [-0.2, 0) is 0 Å². The van der Waals surface area contributed by atoms with Crippen LogP contribution in [-0.4, -0.2) is 28.2 Å². The second-order valence-electron chi connectivity index (χ2n) is 5.38. The van der Waals surface area contributed by atoms with Crippen molar-refractivity contribution < 1.29 is 9.90 Å². The molecular formula is C13H17ClN2O2. The van der Waals surface area contributed by atoms with E-state index in [2.05, 4.69) is 5.32 Å². The number of aromatic nitrogens is 1. The average molecular weight is 269 g/mol. The molecule has 98 valence electrons. The lowest BCUT2D eigenvalue weighted by Crippen LogP contribution is -2.38. The van der Waals surface area contributed by atoms with Gasteiger partial charge >= 0.3 is 0 Å². The van der Waals surface area contributed by atoms with Crippen LogP contribution in [0.1, 0.15) is 42.2 Å². The molecular weight excluding hydrogens is 252 g/mol. The lowest BCUT2D eigenvalue weighted by Gasteiger charge is -2.31. The highest BCUT2D eigenvalue weighted by molar-refractivity contribution is 6.31. The minimum Gasteiger partial charge on any atom is -0.393 e. The van der Waals surface area contributed by atoms with Crippen LogP contribution in [0.2, 0.25) is 5.02 Å². The molecule has 0 aromatic carbocycles. The van der Waals surface area contributed by atoms with Gasteiger partial charge < -0.3 is 15.0 Å². The third kappa shape index (κ3) is 2.40. The van der Waals surface area contributed by atoms with E-state index in [1.54, 1.807) is 6.07 Å². The van der Waals surface area contributed by atoms with Crippen molar-refractivity contribution in [1.82, 2.24) is 9.88 Å². The smallest absolute Gasteiger partial charge is 0.267 e. The summed E-state index contributed by atoms with van der Waals surface area (Å²) in [4.78, 5) is 12.1. The Bertz CT molecular complexity index is 462. The van der Waals surface area contributed by atoms with Crippen LogP contribution in [0.25, 0.3) is 0 Å². The van der Waals surface area contributed by atoms with E-state index in [1.165, 1.54) is 0 Å². The second kappa shape index (κ2) is 4.59. The summed E-state index contributed by atoms with van der Waals surface area (Å²) in [6, 6.07) is 2.17. The maximum absolute atomic E-state index is 12.1. The standard InChI is InChI=1S/C13H17ClN2O2/c14-9-5-12(16(7-9)10-1-2-10)13(18)15-6-8-3-11(17)4-8/h5,7-8,10-11,17H,1-4,6H2,(H,15,18). The molecule has 2 N–H and O–H groups in total. The van der Waals surface area contributed by atoms with E-state index in [4.69, 9.17) is 11.6 Å². The van der Waals surface area contributed by atoms with Crippen LogP contribution in [0.15, 0.2) is 12.3 Å². The molecule has 0 atom stereocenters. The Morgan fingerprint density at radius 2 is 2.22 bits per heavy atom. The highest BCUT2D eigenvalue weighted by atomic mass is 35.5. The summed E-state index contributed by atoms with van der Waals surface area (Å²) in [5, 5.41) is 12.7. The highest BCUT2D eigenvalue weighted by Crippen LogP contribution is 2.37. The van der Waals surface area contributed by atoms with Crippen LogP contribution >= 0.6 is 11.6 Å². The second-order valence-corrected chi connectivity index (χ2v) is 5.82. The number of carbonyl (C=O) groups is 1. The zero-order valence-electron chi connectivity index (χ0n) is 10.1. The molecule has 2 saturated carbocycles. The molecule has 1 aromatic rings. The summed E-state index contributed by atoms with van der Waals surface area (Å²) in [6.45, 7) is 0.642. The van der Waals surface area contributed by atoms with Crippen molar-refractivity contribution in [2.24, 2.45) is 5.92 Å². The van der Waals surface area contributed by atoms with Crippen LogP contribution < -0.4 is 5.32 Å². The molecule has 2 fully saturated rings. The van der Waals surface area contributed by atoms with Crippen LogP contribution in [0.3, 0.4) is 0 Å². The Hall–Kier alpha value is -1.00. The minimum absolute atomic E-state index is 0.0600. The Labute approximate surface area is 111 Å². The van der Waals surface area contributed by atoms with Gasteiger partial charge in [-0.05, 0) is 37.7 Å². The van der Waals surface area contributed by atoms with E-state index >= 15 is 0 Å². The lowest BCUT2D eigenvalue weighted by molar-refractivity contribution is 0.0419. The van der Waals surface area contributed by atoms with Gasteiger partial charge in [0.1, 0.15) is 5.69 Å². The van der Waals surface area contributed by atoms with E-state index < -0.39 is 0 Å². The van der Waals surface area contributed by atoms with Gasteiger partial charge in [-0.15, -0.1) is 0 Å². The molecule has 0 aliphatic heterocycles. The maximum Gasteiger partial charge on any atom is 0.267 e. The van der Waals surface area contributed by atoms with Crippen molar-refractivity contribution >= 4 is 17.5 Å². The number of rotatable bonds is 4. The number of carbonyl (C=O) groups excluding carboxylic acids is 1. The molecule has 0 radical (unpaired) electrons. The first-order chi connectivity index (χ1) is 8.63. The molecule has 2 aliphatic rings. The zero-order chi connectivity index (χ0) is 12.7. The van der Waals surface area contributed by atoms with Gasteiger partial charge in [-0.3, -0.25) is 4.79 Å². The quantitative estimate of drug-likeness (QED) is 0.877. The molecule has 18 heavy (non-hydrogen) atoms. The molecule has 5 heteroatoms. The fraction of sp³-hybridized carbons (Fsp3) is 0.615. The molecule has 1 heterocycles. The fourth-order valence-corrected chi connectivity index (χ4v) is 2.69. The number of aliphatic hydroxyl groups is 1. The topological polar surface area (TPSA) is 54.3 Å². The molecule has 0 bridgehead atoms. The lowest BCUT2D eigenvalue weighted by atomic mass is 9.82. The third-order valence-corrected chi connectivity index (χ3v) is 3.96. The molecule has 4 nitrogen and oxygen atoms in total. The molecule has 2 aliphatic carbocycles. The summed E-state index contributed by atoms with van der Waals surface area (Å²) >= 11 is 5.97. The highest BCUT2D eigenvalue weighted by Gasteiger charge is 2.30. The van der Waals surface area contributed by atoms with E-state index in [-0.39, 0.29) is 12.0 Å². The number of aliphatic hydroxyl groups excluding tert-OH is 1. The number of nitrogens with one attached hydrogen (secondary N) is 1. The number of hydrogen-bond acceptors (Lipinski definition) is 2. The number of amides is 1.